The molecule has 0 bridgehead atoms. The molecule has 0 fully saturated rings. The molecule has 11 heteroatoms. The largest absolute Gasteiger partial charge is 0.496 e. The van der Waals surface area contributed by atoms with Crippen molar-refractivity contribution in [3.63, 3.8) is 0 Å². The molecule has 2 N–H and O–H groups in total. The van der Waals surface area contributed by atoms with Crippen LogP contribution in [-0.4, -0.2) is 53.8 Å². The molecule has 0 spiro atoms. The van der Waals surface area contributed by atoms with Crippen molar-refractivity contribution < 1.29 is 42.1 Å². The van der Waals surface area contributed by atoms with E-state index in [0.717, 1.165) is 5.41 Å². The second kappa shape index (κ2) is 11.9. The lowest BCUT2D eigenvalue weighted by Crippen LogP contribution is -2.14. The summed E-state index contributed by atoms with van der Waals surface area (Å²) in [6.07, 6.45) is 0.825. The number of hydrogen-bond donors (Lipinski definition) is 2. The summed E-state index contributed by atoms with van der Waals surface area (Å²) < 4.78 is 46.6. The Morgan fingerprint density at radius 1 is 0.912 bits per heavy atom. The minimum atomic E-state index is -3.74. The number of carbonyl (C=O) groups excluding carboxylic acids is 1. The van der Waals surface area contributed by atoms with E-state index in [1.165, 1.54) is 46.6 Å². The zero-order chi connectivity index (χ0) is 25.3. The monoisotopic (exact) mass is 493 g/mol. The summed E-state index contributed by atoms with van der Waals surface area (Å²) in [5.74, 6) is -0.431. The number of nitrogens with one attached hydrogen (secondary N) is 1. The van der Waals surface area contributed by atoms with Gasteiger partial charge in [0.05, 0.1) is 51.9 Å². The third-order valence-electron chi connectivity index (χ3n) is 4.67. The first-order chi connectivity index (χ1) is 16.1. The highest BCUT2D eigenvalue weighted by Crippen LogP contribution is 2.35. The van der Waals surface area contributed by atoms with E-state index in [0.29, 0.717) is 34.1 Å². The Kier molecular flexibility index (Phi) is 9.31. The SMILES string of the molecule is COc1cc(OC)c(C=CS(=O)(=O)Cc2ccc(OC)c(NC(=O)CCC(=O)O)c2)c(OC)c1. The van der Waals surface area contributed by atoms with Gasteiger partial charge in [0.1, 0.15) is 23.0 Å². The molecule has 0 saturated heterocycles. The van der Waals surface area contributed by atoms with Crippen LogP contribution in [0.4, 0.5) is 5.69 Å². The molecule has 0 aliphatic carbocycles. The van der Waals surface area contributed by atoms with Crippen molar-refractivity contribution in [2.45, 2.75) is 18.6 Å². The highest BCUT2D eigenvalue weighted by atomic mass is 32.2. The molecule has 0 heterocycles. The molecular formula is C23H27NO9S. The summed E-state index contributed by atoms with van der Waals surface area (Å²) in [5, 5.41) is 12.3. The molecular weight excluding hydrogens is 466 g/mol. The first-order valence-electron chi connectivity index (χ1n) is 10.0. The van der Waals surface area contributed by atoms with Crippen LogP contribution in [-0.2, 0) is 25.2 Å². The van der Waals surface area contributed by atoms with Gasteiger partial charge < -0.3 is 29.4 Å². The van der Waals surface area contributed by atoms with Crippen molar-refractivity contribution >= 4 is 33.5 Å². The Balaban J connectivity index is 2.27. The number of aliphatic carboxylic acids is 1. The topological polar surface area (TPSA) is 137 Å². The Bertz CT molecular complexity index is 1150. The van der Waals surface area contributed by atoms with E-state index < -0.39 is 21.7 Å². The lowest BCUT2D eigenvalue weighted by atomic mass is 10.1. The summed E-state index contributed by atoms with van der Waals surface area (Å²) >= 11 is 0. The van der Waals surface area contributed by atoms with Crippen molar-refractivity contribution in [2.24, 2.45) is 0 Å². The quantitative estimate of drug-likeness (QED) is 0.457. The molecule has 2 rings (SSSR count). The van der Waals surface area contributed by atoms with Gasteiger partial charge in [0, 0.05) is 24.0 Å². The zero-order valence-corrected chi connectivity index (χ0v) is 20.1. The van der Waals surface area contributed by atoms with Crippen molar-refractivity contribution in [2.75, 3.05) is 33.8 Å². The second-order valence-corrected chi connectivity index (χ2v) is 8.92. The number of carbonyl (C=O) groups is 2. The minimum absolute atomic E-state index is 0.227. The summed E-state index contributed by atoms with van der Waals surface area (Å²) in [6, 6.07) is 7.77. The van der Waals surface area contributed by atoms with Gasteiger partial charge in [-0.15, -0.1) is 0 Å². The Morgan fingerprint density at radius 2 is 1.53 bits per heavy atom. The van der Waals surface area contributed by atoms with E-state index in [2.05, 4.69) is 5.32 Å². The van der Waals surface area contributed by atoms with Crippen LogP contribution < -0.4 is 24.3 Å². The van der Waals surface area contributed by atoms with E-state index in [9.17, 15) is 18.0 Å². The standard InChI is InChI=1S/C23H27NO9S/c1-30-16-12-20(32-3)17(21(13-16)33-4)9-10-34(28,29)14-15-5-6-19(31-2)18(11-15)24-22(25)7-8-23(26)27/h5-6,9-13H,7-8,14H2,1-4H3,(H,24,25)(H,26,27). The number of carboxylic acid groups (broad SMARTS) is 1. The molecule has 0 aliphatic rings. The molecule has 2 aromatic rings. The smallest absolute Gasteiger partial charge is 0.303 e. The van der Waals surface area contributed by atoms with Gasteiger partial charge in [-0.05, 0) is 23.8 Å². The average molecular weight is 494 g/mol. The number of anilines is 1. The van der Waals surface area contributed by atoms with Crippen LogP contribution in [0, 0.1) is 0 Å². The Morgan fingerprint density at radius 3 is 2.06 bits per heavy atom. The van der Waals surface area contributed by atoms with Gasteiger partial charge in [-0.25, -0.2) is 8.42 Å². The minimum Gasteiger partial charge on any atom is -0.496 e. The maximum absolute atomic E-state index is 12.8. The molecule has 0 radical (unpaired) electrons. The van der Waals surface area contributed by atoms with Gasteiger partial charge in [-0.1, -0.05) is 6.07 Å². The number of methoxy groups -OCH3 is 4. The number of hydrogen-bond acceptors (Lipinski definition) is 8. The van der Waals surface area contributed by atoms with Crippen LogP contribution >= 0.6 is 0 Å². The van der Waals surface area contributed by atoms with E-state index in [4.69, 9.17) is 24.1 Å². The molecule has 0 atom stereocenters. The third-order valence-corrected chi connectivity index (χ3v) is 5.95. The summed E-state index contributed by atoms with van der Waals surface area (Å²) in [7, 11) is 2.05. The third kappa shape index (κ3) is 7.41. The number of benzene rings is 2. The fourth-order valence-electron chi connectivity index (χ4n) is 3.02. The highest BCUT2D eigenvalue weighted by Gasteiger charge is 2.16. The summed E-state index contributed by atoms with van der Waals surface area (Å²) in [4.78, 5) is 22.7. The Hall–Kier alpha value is -3.73. The zero-order valence-electron chi connectivity index (χ0n) is 19.3. The van der Waals surface area contributed by atoms with Crippen LogP contribution in [0.25, 0.3) is 6.08 Å². The van der Waals surface area contributed by atoms with Crippen molar-refractivity contribution in [1.29, 1.82) is 0 Å². The first kappa shape index (κ1) is 26.5. The fraction of sp³-hybridized carbons (Fsp3) is 0.304. The van der Waals surface area contributed by atoms with Gasteiger partial charge in [0.2, 0.25) is 5.91 Å². The van der Waals surface area contributed by atoms with E-state index >= 15 is 0 Å². The number of sulfone groups is 1. The summed E-state index contributed by atoms with van der Waals surface area (Å²) in [5.41, 5.74) is 1.07. The molecule has 0 saturated carbocycles. The number of ether oxygens (including phenoxy) is 4. The van der Waals surface area contributed by atoms with Gasteiger partial charge in [-0.3, -0.25) is 9.59 Å². The van der Waals surface area contributed by atoms with Crippen molar-refractivity contribution in [3.05, 3.63) is 46.9 Å². The number of amides is 1. The molecule has 0 unspecified atom stereocenters. The normalized spacial score (nSPS) is 11.2. The van der Waals surface area contributed by atoms with Crippen molar-refractivity contribution in [3.8, 4) is 23.0 Å². The fourth-order valence-corrected chi connectivity index (χ4v) is 4.11. The molecule has 0 aliphatic heterocycles. The van der Waals surface area contributed by atoms with Gasteiger partial charge in [-0.2, -0.15) is 0 Å². The molecule has 0 aromatic heterocycles. The van der Waals surface area contributed by atoms with Gasteiger partial charge >= 0.3 is 5.97 Å². The Labute approximate surface area is 198 Å². The van der Waals surface area contributed by atoms with E-state index in [1.54, 1.807) is 18.2 Å². The number of carboxylic acids is 1. The van der Waals surface area contributed by atoms with Crippen LogP contribution in [0.1, 0.15) is 24.0 Å². The van der Waals surface area contributed by atoms with Crippen LogP contribution in [0.15, 0.2) is 35.7 Å². The average Bonchev–Trinajstić information content (AvgIpc) is 2.80. The van der Waals surface area contributed by atoms with Crippen molar-refractivity contribution in [1.82, 2.24) is 0 Å². The van der Waals surface area contributed by atoms with Gasteiger partial charge in [0.25, 0.3) is 0 Å². The molecule has 184 valence electrons. The highest BCUT2D eigenvalue weighted by molar-refractivity contribution is 7.93. The molecule has 10 nitrogen and oxygen atoms in total. The van der Waals surface area contributed by atoms with Crippen LogP contribution in [0.2, 0.25) is 0 Å². The summed E-state index contributed by atoms with van der Waals surface area (Å²) in [6.45, 7) is 0. The second-order valence-electron chi connectivity index (χ2n) is 7.03. The molecule has 2 aromatic carbocycles. The van der Waals surface area contributed by atoms with Crippen LogP contribution in [0.5, 0.6) is 23.0 Å². The first-order valence-corrected chi connectivity index (χ1v) is 11.7. The molecule has 34 heavy (non-hydrogen) atoms. The van der Waals surface area contributed by atoms with E-state index in [1.807, 2.05) is 0 Å². The van der Waals surface area contributed by atoms with Crippen LogP contribution in [0.3, 0.4) is 0 Å². The predicted molar refractivity (Wildman–Crippen MR) is 126 cm³/mol. The van der Waals surface area contributed by atoms with E-state index in [-0.39, 0.29) is 24.3 Å². The maximum atomic E-state index is 12.8. The lowest BCUT2D eigenvalue weighted by Gasteiger charge is -2.13. The number of rotatable bonds is 12. The lowest BCUT2D eigenvalue weighted by molar-refractivity contribution is -0.138. The predicted octanol–water partition coefficient (Wildman–Crippen LogP) is 3.11. The van der Waals surface area contributed by atoms with Gasteiger partial charge in [0.15, 0.2) is 9.84 Å². The molecule has 1 amide bonds. The maximum Gasteiger partial charge on any atom is 0.303 e.